The van der Waals surface area contributed by atoms with Crippen molar-refractivity contribution < 1.29 is 9.90 Å². The summed E-state index contributed by atoms with van der Waals surface area (Å²) in [5, 5.41) is 8.83. The van der Waals surface area contributed by atoms with Crippen LogP contribution in [-0.2, 0) is 4.79 Å². The van der Waals surface area contributed by atoms with Gasteiger partial charge in [0.1, 0.15) is 0 Å². The number of aliphatic carboxylic acids is 1. The minimum Gasteiger partial charge on any atom is -0.481 e. The van der Waals surface area contributed by atoms with Gasteiger partial charge in [-0.1, -0.05) is 32.6 Å². The van der Waals surface area contributed by atoms with Gasteiger partial charge in [-0.15, -0.1) is 0 Å². The van der Waals surface area contributed by atoms with E-state index in [1.807, 2.05) is 6.92 Å². The van der Waals surface area contributed by atoms with Crippen molar-refractivity contribution in [2.24, 2.45) is 11.8 Å². The average molecular weight is 170 g/mol. The summed E-state index contributed by atoms with van der Waals surface area (Å²) in [5.74, 6) is 0.00329. The second kappa shape index (κ2) is 4.48. The Morgan fingerprint density at radius 3 is 2.50 bits per heavy atom. The lowest BCUT2D eigenvalue weighted by atomic mass is 9.92. The van der Waals surface area contributed by atoms with Crippen LogP contribution in [0.1, 0.15) is 45.4 Å². The van der Waals surface area contributed by atoms with E-state index in [2.05, 4.69) is 0 Å². The van der Waals surface area contributed by atoms with Gasteiger partial charge in [0.15, 0.2) is 0 Å². The van der Waals surface area contributed by atoms with Crippen LogP contribution in [0.15, 0.2) is 0 Å². The Balaban J connectivity index is 2.30. The van der Waals surface area contributed by atoms with Crippen molar-refractivity contribution in [3.8, 4) is 0 Å². The minimum atomic E-state index is -0.607. The first kappa shape index (κ1) is 9.56. The number of rotatable bonds is 4. The minimum absolute atomic E-state index is 0.0897. The summed E-state index contributed by atoms with van der Waals surface area (Å²) in [5.41, 5.74) is 0. The van der Waals surface area contributed by atoms with E-state index in [9.17, 15) is 4.79 Å². The van der Waals surface area contributed by atoms with Crippen LogP contribution in [-0.4, -0.2) is 11.1 Å². The largest absolute Gasteiger partial charge is 0.481 e. The van der Waals surface area contributed by atoms with Crippen molar-refractivity contribution in [2.45, 2.75) is 45.4 Å². The van der Waals surface area contributed by atoms with Gasteiger partial charge < -0.3 is 5.11 Å². The van der Waals surface area contributed by atoms with Crippen molar-refractivity contribution >= 4 is 5.97 Å². The standard InChI is InChI=1S/C10H18O2/c1-2-9(10(11)12)7-8-5-3-4-6-8/h8-9H,2-7H2,1H3,(H,11,12). The number of hydrogen-bond acceptors (Lipinski definition) is 1. The summed E-state index contributed by atoms with van der Waals surface area (Å²) < 4.78 is 0. The number of carboxylic acid groups (broad SMARTS) is 1. The molecule has 1 aliphatic carbocycles. The molecule has 0 aliphatic heterocycles. The molecule has 0 radical (unpaired) electrons. The van der Waals surface area contributed by atoms with Crippen LogP contribution in [0.5, 0.6) is 0 Å². The summed E-state index contributed by atoms with van der Waals surface area (Å²) in [6.07, 6.45) is 6.81. The molecule has 0 aromatic heterocycles. The smallest absolute Gasteiger partial charge is 0.306 e. The molecular weight excluding hydrogens is 152 g/mol. The summed E-state index contributed by atoms with van der Waals surface area (Å²) >= 11 is 0. The molecule has 12 heavy (non-hydrogen) atoms. The van der Waals surface area contributed by atoms with Gasteiger partial charge in [0.2, 0.25) is 0 Å². The van der Waals surface area contributed by atoms with E-state index in [0.717, 1.165) is 12.8 Å². The monoisotopic (exact) mass is 170 g/mol. The lowest BCUT2D eigenvalue weighted by Crippen LogP contribution is -2.15. The zero-order valence-electron chi connectivity index (χ0n) is 7.75. The third-order valence-electron chi connectivity index (χ3n) is 2.93. The van der Waals surface area contributed by atoms with Crippen LogP contribution >= 0.6 is 0 Å². The van der Waals surface area contributed by atoms with Gasteiger partial charge in [-0.2, -0.15) is 0 Å². The van der Waals surface area contributed by atoms with Crippen LogP contribution < -0.4 is 0 Å². The third-order valence-corrected chi connectivity index (χ3v) is 2.93. The normalized spacial score (nSPS) is 21.1. The van der Waals surface area contributed by atoms with E-state index < -0.39 is 5.97 Å². The molecule has 0 saturated heterocycles. The summed E-state index contributed by atoms with van der Waals surface area (Å²) in [7, 11) is 0. The molecule has 0 spiro atoms. The maximum absolute atomic E-state index is 10.7. The molecule has 1 unspecified atom stereocenters. The number of hydrogen-bond donors (Lipinski definition) is 1. The highest BCUT2D eigenvalue weighted by molar-refractivity contribution is 5.69. The zero-order valence-corrected chi connectivity index (χ0v) is 7.75. The molecule has 1 saturated carbocycles. The van der Waals surface area contributed by atoms with Crippen LogP contribution in [0, 0.1) is 11.8 Å². The van der Waals surface area contributed by atoms with Gasteiger partial charge in [-0.25, -0.2) is 0 Å². The molecule has 0 bridgehead atoms. The lowest BCUT2D eigenvalue weighted by Gasteiger charge is -2.14. The molecule has 1 N–H and O–H groups in total. The molecule has 2 nitrogen and oxygen atoms in total. The van der Waals surface area contributed by atoms with Gasteiger partial charge >= 0.3 is 5.97 Å². The Morgan fingerprint density at radius 1 is 1.50 bits per heavy atom. The van der Waals surface area contributed by atoms with Crippen LogP contribution in [0.25, 0.3) is 0 Å². The summed E-state index contributed by atoms with van der Waals surface area (Å²) in [6, 6.07) is 0. The molecular formula is C10H18O2. The fourth-order valence-electron chi connectivity index (χ4n) is 2.09. The fourth-order valence-corrected chi connectivity index (χ4v) is 2.09. The first-order chi connectivity index (χ1) is 5.74. The lowest BCUT2D eigenvalue weighted by molar-refractivity contribution is -0.142. The van der Waals surface area contributed by atoms with Crippen molar-refractivity contribution in [3.05, 3.63) is 0 Å². The Labute approximate surface area is 74.0 Å². The molecule has 1 aliphatic rings. The van der Waals surface area contributed by atoms with E-state index in [-0.39, 0.29) is 5.92 Å². The Morgan fingerprint density at radius 2 is 2.08 bits per heavy atom. The third kappa shape index (κ3) is 2.50. The number of carbonyl (C=O) groups is 1. The Bertz CT molecular complexity index is 148. The van der Waals surface area contributed by atoms with Crippen LogP contribution in [0.3, 0.4) is 0 Å². The quantitative estimate of drug-likeness (QED) is 0.704. The molecule has 2 heteroatoms. The first-order valence-corrected chi connectivity index (χ1v) is 4.96. The van der Waals surface area contributed by atoms with Gasteiger partial charge in [0.05, 0.1) is 5.92 Å². The van der Waals surface area contributed by atoms with Crippen molar-refractivity contribution in [1.29, 1.82) is 0 Å². The highest BCUT2D eigenvalue weighted by atomic mass is 16.4. The van der Waals surface area contributed by atoms with E-state index in [1.54, 1.807) is 0 Å². The van der Waals surface area contributed by atoms with Crippen LogP contribution in [0.4, 0.5) is 0 Å². The molecule has 0 aromatic carbocycles. The van der Waals surface area contributed by atoms with E-state index in [1.165, 1.54) is 25.7 Å². The topological polar surface area (TPSA) is 37.3 Å². The molecule has 0 amide bonds. The second-order valence-electron chi connectivity index (χ2n) is 3.83. The van der Waals surface area contributed by atoms with Crippen molar-refractivity contribution in [1.82, 2.24) is 0 Å². The van der Waals surface area contributed by atoms with Gasteiger partial charge in [-0.05, 0) is 18.8 Å². The fraction of sp³-hybridized carbons (Fsp3) is 0.900. The SMILES string of the molecule is CCC(CC1CCCC1)C(=O)O. The van der Waals surface area contributed by atoms with E-state index >= 15 is 0 Å². The van der Waals surface area contributed by atoms with Gasteiger partial charge in [-0.3, -0.25) is 4.79 Å². The van der Waals surface area contributed by atoms with Crippen LogP contribution in [0.2, 0.25) is 0 Å². The molecule has 0 heterocycles. The summed E-state index contributed by atoms with van der Waals surface area (Å²) in [4.78, 5) is 10.7. The molecule has 1 rings (SSSR count). The predicted molar refractivity (Wildman–Crippen MR) is 48.0 cm³/mol. The second-order valence-corrected chi connectivity index (χ2v) is 3.83. The zero-order chi connectivity index (χ0) is 8.97. The molecule has 70 valence electrons. The maximum Gasteiger partial charge on any atom is 0.306 e. The van der Waals surface area contributed by atoms with Crippen molar-refractivity contribution in [3.63, 3.8) is 0 Å². The van der Waals surface area contributed by atoms with Crippen molar-refractivity contribution in [2.75, 3.05) is 0 Å². The van der Waals surface area contributed by atoms with Gasteiger partial charge in [0.25, 0.3) is 0 Å². The molecule has 1 fully saturated rings. The maximum atomic E-state index is 10.7. The molecule has 0 aromatic rings. The highest BCUT2D eigenvalue weighted by Gasteiger charge is 2.22. The predicted octanol–water partition coefficient (Wildman–Crippen LogP) is 2.68. The first-order valence-electron chi connectivity index (χ1n) is 4.96. The van der Waals surface area contributed by atoms with Gasteiger partial charge in [0, 0.05) is 0 Å². The highest BCUT2D eigenvalue weighted by Crippen LogP contribution is 2.31. The number of carboxylic acids is 1. The Hall–Kier alpha value is -0.530. The summed E-state index contributed by atoms with van der Waals surface area (Å²) in [6.45, 7) is 1.97. The van der Waals surface area contributed by atoms with E-state index in [0.29, 0.717) is 5.92 Å². The Kier molecular flexibility index (Phi) is 3.57. The molecule has 1 atom stereocenters. The average Bonchev–Trinajstić information content (AvgIpc) is 2.51. The van der Waals surface area contributed by atoms with E-state index in [4.69, 9.17) is 5.11 Å².